The van der Waals surface area contributed by atoms with Crippen molar-refractivity contribution in [3.63, 3.8) is 0 Å². The first-order chi connectivity index (χ1) is 8.90. The predicted octanol–water partition coefficient (Wildman–Crippen LogP) is 3.74. The molecule has 0 radical (unpaired) electrons. The molecule has 0 aromatic heterocycles. The smallest absolute Gasteiger partial charge is 0.199 e. The van der Waals surface area contributed by atoms with E-state index in [0.29, 0.717) is 0 Å². The van der Waals surface area contributed by atoms with Crippen LogP contribution in [-0.2, 0) is 0 Å². The highest BCUT2D eigenvalue weighted by Gasteiger charge is 2.21. The van der Waals surface area contributed by atoms with E-state index in [1.807, 2.05) is 0 Å². The van der Waals surface area contributed by atoms with E-state index in [2.05, 4.69) is 0 Å². The van der Waals surface area contributed by atoms with Crippen LogP contribution < -0.4 is 5.73 Å². The molecule has 98 valence electrons. The molecule has 0 heterocycles. The average Bonchev–Trinajstić information content (AvgIpc) is 2.33. The van der Waals surface area contributed by atoms with Crippen molar-refractivity contribution in [2.45, 2.75) is 6.92 Å². The summed E-state index contributed by atoms with van der Waals surface area (Å²) in [6.45, 7) is 1.46. The predicted molar refractivity (Wildman–Crippen MR) is 70.4 cm³/mol. The van der Waals surface area contributed by atoms with Crippen molar-refractivity contribution in [2.75, 3.05) is 5.73 Å². The van der Waals surface area contributed by atoms with Crippen LogP contribution in [0.2, 0.25) is 5.02 Å². The van der Waals surface area contributed by atoms with E-state index in [9.17, 15) is 13.6 Å². The van der Waals surface area contributed by atoms with Crippen LogP contribution in [0, 0.1) is 18.6 Å². The number of hydrogen-bond acceptors (Lipinski definition) is 2. The van der Waals surface area contributed by atoms with Gasteiger partial charge in [-0.1, -0.05) is 17.7 Å². The van der Waals surface area contributed by atoms with Gasteiger partial charge in [0.2, 0.25) is 0 Å². The Morgan fingerprint density at radius 3 is 2.53 bits per heavy atom. The summed E-state index contributed by atoms with van der Waals surface area (Å²) < 4.78 is 27.5. The molecule has 0 aliphatic heterocycles. The topological polar surface area (TPSA) is 43.1 Å². The number of nitrogen functional groups attached to an aromatic ring is 1. The van der Waals surface area contributed by atoms with Gasteiger partial charge in [-0.3, -0.25) is 4.79 Å². The van der Waals surface area contributed by atoms with Gasteiger partial charge in [-0.25, -0.2) is 8.78 Å². The maximum atomic E-state index is 13.9. The van der Waals surface area contributed by atoms with Crippen LogP contribution >= 0.6 is 11.6 Å². The van der Waals surface area contributed by atoms with Gasteiger partial charge in [-0.15, -0.1) is 0 Å². The van der Waals surface area contributed by atoms with Gasteiger partial charge < -0.3 is 5.73 Å². The van der Waals surface area contributed by atoms with Crippen LogP contribution in [0.25, 0.3) is 0 Å². The van der Waals surface area contributed by atoms with Gasteiger partial charge in [-0.05, 0) is 36.8 Å². The maximum Gasteiger partial charge on any atom is 0.199 e. The molecule has 0 atom stereocenters. The van der Waals surface area contributed by atoms with E-state index in [-0.39, 0.29) is 21.8 Å². The summed E-state index contributed by atoms with van der Waals surface area (Å²) in [5.74, 6) is -2.57. The van der Waals surface area contributed by atoms with Gasteiger partial charge in [0, 0.05) is 16.3 Å². The normalized spacial score (nSPS) is 10.5. The number of anilines is 1. The molecule has 0 spiro atoms. The van der Waals surface area contributed by atoms with Crippen molar-refractivity contribution in [1.82, 2.24) is 0 Å². The minimum atomic E-state index is -0.911. The Balaban J connectivity index is 2.59. The van der Waals surface area contributed by atoms with Gasteiger partial charge in [0.1, 0.15) is 11.6 Å². The molecule has 5 heteroatoms. The van der Waals surface area contributed by atoms with Crippen LogP contribution in [0.1, 0.15) is 21.5 Å². The van der Waals surface area contributed by atoms with Crippen LogP contribution in [0.4, 0.5) is 14.5 Å². The van der Waals surface area contributed by atoms with E-state index >= 15 is 0 Å². The molecule has 0 fully saturated rings. The fourth-order valence-electron chi connectivity index (χ4n) is 1.75. The number of hydrogen-bond donors (Lipinski definition) is 1. The quantitative estimate of drug-likeness (QED) is 0.673. The molecule has 2 rings (SSSR count). The second-order valence-corrected chi connectivity index (χ2v) is 4.59. The minimum Gasteiger partial charge on any atom is -0.399 e. The molecule has 19 heavy (non-hydrogen) atoms. The zero-order valence-corrected chi connectivity index (χ0v) is 10.8. The summed E-state index contributed by atoms with van der Waals surface area (Å²) in [5.41, 5.74) is 5.46. The molecule has 0 aliphatic carbocycles. The summed E-state index contributed by atoms with van der Waals surface area (Å²) in [7, 11) is 0. The largest absolute Gasteiger partial charge is 0.399 e. The zero-order chi connectivity index (χ0) is 14.2. The highest BCUT2D eigenvalue weighted by Crippen LogP contribution is 2.23. The fraction of sp³-hybridized carbons (Fsp3) is 0.0714. The summed E-state index contributed by atoms with van der Waals surface area (Å²) in [6.07, 6.45) is 0. The van der Waals surface area contributed by atoms with Crippen molar-refractivity contribution >= 4 is 23.1 Å². The molecule has 2 N–H and O–H groups in total. The third-order valence-electron chi connectivity index (χ3n) is 2.69. The molecule has 0 saturated heterocycles. The third kappa shape index (κ3) is 2.58. The zero-order valence-electron chi connectivity index (χ0n) is 10.0. The number of ketones is 1. The molecule has 0 amide bonds. The van der Waals surface area contributed by atoms with Crippen molar-refractivity contribution < 1.29 is 13.6 Å². The summed E-state index contributed by atoms with van der Waals surface area (Å²) in [4.78, 5) is 12.2. The number of halogens is 3. The molecule has 0 unspecified atom stereocenters. The van der Waals surface area contributed by atoms with Gasteiger partial charge in [-0.2, -0.15) is 0 Å². The highest BCUT2D eigenvalue weighted by molar-refractivity contribution is 6.31. The lowest BCUT2D eigenvalue weighted by Crippen LogP contribution is -2.09. The van der Waals surface area contributed by atoms with E-state index in [1.165, 1.54) is 31.2 Å². The van der Waals surface area contributed by atoms with E-state index in [0.717, 1.165) is 6.07 Å². The van der Waals surface area contributed by atoms with Crippen molar-refractivity contribution in [2.24, 2.45) is 0 Å². The number of carbonyl (C=O) groups excluding carboxylic acids is 1. The van der Waals surface area contributed by atoms with Gasteiger partial charge in [0.25, 0.3) is 0 Å². The number of rotatable bonds is 2. The number of nitrogens with two attached hydrogens (primary N) is 1. The SMILES string of the molecule is Cc1ccc(F)c(C(=O)c2cc(N)cc(Cl)c2)c1F. The van der Waals surface area contributed by atoms with E-state index in [4.69, 9.17) is 17.3 Å². The molecule has 0 bridgehead atoms. The summed E-state index contributed by atoms with van der Waals surface area (Å²) in [5, 5.41) is 0.233. The highest BCUT2D eigenvalue weighted by atomic mass is 35.5. The Kier molecular flexibility index (Phi) is 3.53. The Bertz CT molecular complexity index is 650. The van der Waals surface area contributed by atoms with Crippen LogP contribution in [0.3, 0.4) is 0 Å². The van der Waals surface area contributed by atoms with Crippen molar-refractivity contribution in [3.05, 3.63) is 63.7 Å². The first-order valence-electron chi connectivity index (χ1n) is 5.45. The fourth-order valence-corrected chi connectivity index (χ4v) is 2.00. The maximum absolute atomic E-state index is 13.9. The monoisotopic (exact) mass is 281 g/mol. The minimum absolute atomic E-state index is 0.0494. The van der Waals surface area contributed by atoms with E-state index < -0.39 is 23.0 Å². The third-order valence-corrected chi connectivity index (χ3v) is 2.91. The lowest BCUT2D eigenvalue weighted by atomic mass is 10.00. The van der Waals surface area contributed by atoms with Crippen LogP contribution in [-0.4, -0.2) is 5.78 Å². The van der Waals surface area contributed by atoms with Crippen molar-refractivity contribution in [1.29, 1.82) is 0 Å². The van der Waals surface area contributed by atoms with Crippen LogP contribution in [0.15, 0.2) is 30.3 Å². The standard InChI is InChI=1S/C14H10ClF2NO/c1-7-2-3-11(16)12(13(7)17)14(19)8-4-9(15)6-10(18)5-8/h2-6H,18H2,1H3. The summed E-state index contributed by atoms with van der Waals surface area (Å²) >= 11 is 5.77. The second kappa shape index (κ2) is 4.97. The second-order valence-electron chi connectivity index (χ2n) is 4.16. The Morgan fingerprint density at radius 2 is 1.89 bits per heavy atom. The molecule has 0 saturated carbocycles. The summed E-state index contributed by atoms with van der Waals surface area (Å²) in [6, 6.07) is 6.42. The first-order valence-corrected chi connectivity index (χ1v) is 5.83. The van der Waals surface area contributed by atoms with E-state index in [1.54, 1.807) is 0 Å². The first kappa shape index (κ1) is 13.5. The number of aryl methyl sites for hydroxylation is 1. The Hall–Kier alpha value is -1.94. The molecular formula is C14H10ClF2NO. The van der Waals surface area contributed by atoms with Gasteiger partial charge in [0.15, 0.2) is 5.78 Å². The van der Waals surface area contributed by atoms with Crippen molar-refractivity contribution in [3.8, 4) is 0 Å². The molecule has 2 aromatic carbocycles. The molecule has 2 nitrogen and oxygen atoms in total. The Labute approximate surface area is 113 Å². The molecular weight excluding hydrogens is 272 g/mol. The number of carbonyl (C=O) groups is 1. The molecule has 2 aromatic rings. The van der Waals surface area contributed by atoms with Crippen LogP contribution in [0.5, 0.6) is 0 Å². The average molecular weight is 282 g/mol. The lowest BCUT2D eigenvalue weighted by molar-refractivity contribution is 0.103. The number of benzene rings is 2. The van der Waals surface area contributed by atoms with Gasteiger partial charge in [0.05, 0.1) is 5.56 Å². The lowest BCUT2D eigenvalue weighted by Gasteiger charge is -2.07. The van der Waals surface area contributed by atoms with Gasteiger partial charge >= 0.3 is 0 Å². The molecule has 0 aliphatic rings. The Morgan fingerprint density at radius 1 is 1.21 bits per heavy atom.